The van der Waals surface area contributed by atoms with Crippen LogP contribution < -0.4 is 19.5 Å². The molecule has 0 spiro atoms. The van der Waals surface area contributed by atoms with Gasteiger partial charge in [0, 0.05) is 16.8 Å². The molecule has 194 valence electrons. The summed E-state index contributed by atoms with van der Waals surface area (Å²) in [6, 6.07) is 15.9. The fraction of sp³-hybridized carbons (Fsp3) is 0.179. The maximum atomic E-state index is 13.0. The lowest BCUT2D eigenvalue weighted by Crippen LogP contribution is -2.27. The minimum atomic E-state index is -0.405. The Kier molecular flexibility index (Phi) is 7.31. The van der Waals surface area contributed by atoms with E-state index >= 15 is 0 Å². The number of halogens is 1. The third kappa shape index (κ3) is 5.64. The predicted octanol–water partition coefficient (Wildman–Crippen LogP) is 5.94. The largest absolute Gasteiger partial charge is 0.484 e. The summed E-state index contributed by atoms with van der Waals surface area (Å²) in [6.45, 7) is 3.97. The summed E-state index contributed by atoms with van der Waals surface area (Å²) in [5.41, 5.74) is 4.25. The highest BCUT2D eigenvalue weighted by atomic mass is 35.5. The summed E-state index contributed by atoms with van der Waals surface area (Å²) in [5, 5.41) is 2.81. The number of carbonyl (C=O) groups is 3. The number of hydrogen-bond donors (Lipinski definition) is 1. The Balaban J connectivity index is 1.19. The van der Waals surface area contributed by atoms with Crippen molar-refractivity contribution in [2.45, 2.75) is 20.4 Å². The van der Waals surface area contributed by atoms with Crippen molar-refractivity contribution in [2.24, 2.45) is 0 Å². The molecule has 1 fully saturated rings. The van der Waals surface area contributed by atoms with Crippen LogP contribution in [0.15, 0.2) is 59.5 Å². The number of thioether (sulfide) groups is 1. The lowest BCUT2D eigenvalue weighted by Gasteiger charge is -2.14. The molecule has 0 aliphatic carbocycles. The fourth-order valence-electron chi connectivity index (χ4n) is 3.86. The molecule has 3 amide bonds. The molecule has 5 rings (SSSR count). The van der Waals surface area contributed by atoms with Gasteiger partial charge in [0.25, 0.3) is 17.1 Å². The van der Waals surface area contributed by atoms with E-state index in [0.29, 0.717) is 44.0 Å². The average Bonchev–Trinajstić information content (AvgIpc) is 3.45. The molecule has 0 saturated carbocycles. The third-order valence-electron chi connectivity index (χ3n) is 6.08. The van der Waals surface area contributed by atoms with Crippen LogP contribution in [-0.4, -0.2) is 35.4 Å². The lowest BCUT2D eigenvalue weighted by atomic mass is 10.1. The van der Waals surface area contributed by atoms with E-state index in [1.165, 1.54) is 0 Å². The van der Waals surface area contributed by atoms with Gasteiger partial charge in [-0.1, -0.05) is 29.8 Å². The molecule has 0 bridgehead atoms. The smallest absolute Gasteiger partial charge is 0.293 e. The number of ether oxygens (including phenoxy) is 3. The zero-order valence-corrected chi connectivity index (χ0v) is 22.2. The number of amides is 3. The number of carbonyl (C=O) groups excluding carboxylic acids is 3. The van der Waals surface area contributed by atoms with E-state index in [4.69, 9.17) is 25.8 Å². The molecular formula is C28H23ClN2O6S. The molecule has 3 aromatic rings. The van der Waals surface area contributed by atoms with Gasteiger partial charge >= 0.3 is 0 Å². The average molecular weight is 551 g/mol. The van der Waals surface area contributed by atoms with Crippen molar-refractivity contribution >= 4 is 52.2 Å². The van der Waals surface area contributed by atoms with Crippen LogP contribution in [0.25, 0.3) is 6.08 Å². The van der Waals surface area contributed by atoms with Crippen LogP contribution >= 0.6 is 23.4 Å². The normalized spacial score (nSPS) is 15.3. The van der Waals surface area contributed by atoms with Crippen LogP contribution in [0.3, 0.4) is 0 Å². The Morgan fingerprint density at radius 1 is 1.05 bits per heavy atom. The van der Waals surface area contributed by atoms with Crippen molar-refractivity contribution in [3.05, 3.63) is 86.8 Å². The molecule has 0 atom stereocenters. The van der Waals surface area contributed by atoms with Crippen LogP contribution in [0.5, 0.6) is 17.2 Å². The fourth-order valence-corrected chi connectivity index (χ4v) is 4.92. The SMILES string of the molecule is Cc1ccc(NC(=O)COc2ccc(/C=C3\SC(=O)N(Cc4cc5c(cc4Cl)OCO5)C3=O)cc2)cc1C. The summed E-state index contributed by atoms with van der Waals surface area (Å²) < 4.78 is 16.3. The highest BCUT2D eigenvalue weighted by molar-refractivity contribution is 8.18. The summed E-state index contributed by atoms with van der Waals surface area (Å²) in [6.07, 6.45) is 1.64. The van der Waals surface area contributed by atoms with Crippen LogP contribution in [0.2, 0.25) is 5.02 Å². The minimum absolute atomic E-state index is 0.0223. The molecule has 0 radical (unpaired) electrons. The summed E-state index contributed by atoms with van der Waals surface area (Å²) >= 11 is 7.18. The molecule has 10 heteroatoms. The lowest BCUT2D eigenvalue weighted by molar-refractivity contribution is -0.123. The van der Waals surface area contributed by atoms with Crippen LogP contribution in [0.1, 0.15) is 22.3 Å². The molecule has 0 aromatic heterocycles. The second kappa shape index (κ2) is 10.8. The number of hydrogen-bond acceptors (Lipinski definition) is 7. The van der Waals surface area contributed by atoms with Crippen LogP contribution in [-0.2, 0) is 16.1 Å². The third-order valence-corrected chi connectivity index (χ3v) is 7.34. The molecule has 1 N–H and O–H groups in total. The van der Waals surface area contributed by atoms with Crippen molar-refractivity contribution in [2.75, 3.05) is 18.7 Å². The van der Waals surface area contributed by atoms with E-state index in [2.05, 4.69) is 5.32 Å². The quantitative estimate of drug-likeness (QED) is 0.364. The number of rotatable bonds is 7. The summed E-state index contributed by atoms with van der Waals surface area (Å²) in [7, 11) is 0. The van der Waals surface area contributed by atoms with Crippen molar-refractivity contribution in [1.29, 1.82) is 0 Å². The molecule has 0 unspecified atom stereocenters. The number of fused-ring (bicyclic) bond motifs is 1. The standard InChI is InChI=1S/C28H23ClN2O6S/c1-16-3-6-20(9-17(16)2)30-26(32)14-35-21-7-4-18(5-8-21)10-25-27(33)31(28(34)38-25)13-19-11-23-24(12-22(19)29)37-15-36-23/h3-12H,13-15H2,1-2H3,(H,30,32)/b25-10-. The van der Waals surface area contributed by atoms with Crippen molar-refractivity contribution in [3.63, 3.8) is 0 Å². The zero-order chi connectivity index (χ0) is 26.8. The Bertz CT molecular complexity index is 1470. The van der Waals surface area contributed by atoms with Gasteiger partial charge in [-0.15, -0.1) is 0 Å². The molecule has 2 aliphatic heterocycles. The number of benzene rings is 3. The van der Waals surface area contributed by atoms with Crippen molar-refractivity contribution in [1.82, 2.24) is 4.90 Å². The number of anilines is 1. The van der Waals surface area contributed by atoms with Gasteiger partial charge in [0.1, 0.15) is 5.75 Å². The molecule has 1 saturated heterocycles. The Morgan fingerprint density at radius 2 is 1.79 bits per heavy atom. The monoisotopic (exact) mass is 550 g/mol. The van der Waals surface area contributed by atoms with Gasteiger partial charge in [0.15, 0.2) is 18.1 Å². The minimum Gasteiger partial charge on any atom is -0.484 e. The molecule has 8 nitrogen and oxygen atoms in total. The zero-order valence-electron chi connectivity index (χ0n) is 20.6. The van der Waals surface area contributed by atoms with E-state index in [9.17, 15) is 14.4 Å². The number of nitrogens with zero attached hydrogens (tertiary/aromatic N) is 1. The highest BCUT2D eigenvalue weighted by Gasteiger charge is 2.35. The maximum Gasteiger partial charge on any atom is 0.293 e. The van der Waals surface area contributed by atoms with Gasteiger partial charge in [-0.3, -0.25) is 19.3 Å². The first-order valence-corrected chi connectivity index (χ1v) is 12.9. The predicted molar refractivity (Wildman–Crippen MR) is 146 cm³/mol. The Morgan fingerprint density at radius 3 is 2.53 bits per heavy atom. The van der Waals surface area contributed by atoms with Gasteiger partial charge in [-0.25, -0.2) is 0 Å². The van der Waals surface area contributed by atoms with E-state index in [1.807, 2.05) is 32.0 Å². The van der Waals surface area contributed by atoms with E-state index in [1.54, 1.807) is 42.5 Å². The molecule has 2 heterocycles. The van der Waals surface area contributed by atoms with Gasteiger partial charge in [0.2, 0.25) is 6.79 Å². The first-order valence-electron chi connectivity index (χ1n) is 11.7. The first-order chi connectivity index (χ1) is 18.3. The van der Waals surface area contributed by atoms with Crippen LogP contribution in [0, 0.1) is 13.8 Å². The number of aryl methyl sites for hydroxylation is 2. The second-order valence-electron chi connectivity index (χ2n) is 8.77. The number of imide groups is 1. The van der Waals surface area contributed by atoms with Crippen molar-refractivity contribution < 1.29 is 28.6 Å². The van der Waals surface area contributed by atoms with Gasteiger partial charge in [-0.05, 0) is 84.3 Å². The first kappa shape index (κ1) is 25.7. The Labute approximate surface area is 228 Å². The van der Waals surface area contributed by atoms with Crippen LogP contribution in [0.4, 0.5) is 10.5 Å². The molecule has 38 heavy (non-hydrogen) atoms. The van der Waals surface area contributed by atoms with Gasteiger partial charge in [-0.2, -0.15) is 0 Å². The number of nitrogens with one attached hydrogen (secondary N) is 1. The molecule has 3 aromatic carbocycles. The van der Waals surface area contributed by atoms with Crippen molar-refractivity contribution in [3.8, 4) is 17.2 Å². The van der Waals surface area contributed by atoms with E-state index in [0.717, 1.165) is 27.8 Å². The molecular weight excluding hydrogens is 528 g/mol. The summed E-state index contributed by atoms with van der Waals surface area (Å²) in [4.78, 5) is 39.2. The van der Waals surface area contributed by atoms with Gasteiger partial charge < -0.3 is 19.5 Å². The Hall–Kier alpha value is -3.95. The topological polar surface area (TPSA) is 94.2 Å². The van der Waals surface area contributed by atoms with E-state index in [-0.39, 0.29) is 31.1 Å². The van der Waals surface area contributed by atoms with E-state index < -0.39 is 5.91 Å². The molecule has 2 aliphatic rings. The highest BCUT2D eigenvalue weighted by Crippen LogP contribution is 2.39. The second-order valence-corrected chi connectivity index (χ2v) is 10.2. The van der Waals surface area contributed by atoms with Gasteiger partial charge in [0.05, 0.1) is 11.4 Å². The summed E-state index contributed by atoms with van der Waals surface area (Å²) in [5.74, 6) is 0.882. The maximum absolute atomic E-state index is 13.0.